The zero-order valence-corrected chi connectivity index (χ0v) is 13.1. The van der Waals surface area contributed by atoms with Crippen LogP contribution in [-0.4, -0.2) is 16.0 Å². The summed E-state index contributed by atoms with van der Waals surface area (Å²) in [6, 6.07) is 7.91. The van der Waals surface area contributed by atoms with Crippen molar-refractivity contribution in [1.82, 2.24) is 10.3 Å². The molecule has 0 radical (unpaired) electrons. The molecule has 120 valence electrons. The molecule has 23 heavy (non-hydrogen) atoms. The highest BCUT2D eigenvalue weighted by atomic mass is 35.5. The largest absolute Gasteiger partial charge is 0.387 e. The second kappa shape index (κ2) is 6.64. The first-order valence-electron chi connectivity index (χ1n) is 7.41. The number of pyridine rings is 1. The van der Waals surface area contributed by atoms with Crippen LogP contribution in [0.1, 0.15) is 41.7 Å². The van der Waals surface area contributed by atoms with E-state index in [9.17, 15) is 14.3 Å². The third-order valence-corrected chi connectivity index (χ3v) is 4.31. The standard InChI is InChI=1S/C17H16ClFN2O2/c18-11-4-3-10(14(19)8-11)9-21-17(23)13-5-6-15(22)16-12(13)2-1-7-20-16/h1-4,7-8,13,15,22H,5-6,9H2,(H,21,23)/t13-,15-/m0/s1. The maximum absolute atomic E-state index is 13.8. The monoisotopic (exact) mass is 334 g/mol. The molecule has 0 fully saturated rings. The molecule has 0 saturated heterocycles. The summed E-state index contributed by atoms with van der Waals surface area (Å²) in [5.74, 6) is -1.02. The van der Waals surface area contributed by atoms with Crippen LogP contribution in [0, 0.1) is 5.82 Å². The number of aliphatic hydroxyl groups excluding tert-OH is 1. The predicted molar refractivity (Wildman–Crippen MR) is 84.4 cm³/mol. The minimum Gasteiger partial charge on any atom is -0.387 e. The average molecular weight is 335 g/mol. The number of carbonyl (C=O) groups excluding carboxylic acids is 1. The maximum atomic E-state index is 13.8. The van der Waals surface area contributed by atoms with E-state index in [1.807, 2.05) is 0 Å². The number of amides is 1. The molecule has 0 unspecified atom stereocenters. The molecule has 2 aromatic rings. The quantitative estimate of drug-likeness (QED) is 0.906. The number of benzene rings is 1. The number of halogens is 2. The van der Waals surface area contributed by atoms with E-state index in [0.717, 1.165) is 5.56 Å². The van der Waals surface area contributed by atoms with Gasteiger partial charge < -0.3 is 10.4 Å². The van der Waals surface area contributed by atoms with Gasteiger partial charge in [-0.25, -0.2) is 4.39 Å². The van der Waals surface area contributed by atoms with Crippen molar-refractivity contribution in [2.24, 2.45) is 0 Å². The molecule has 3 rings (SSSR count). The van der Waals surface area contributed by atoms with Gasteiger partial charge in [0.05, 0.1) is 17.7 Å². The van der Waals surface area contributed by atoms with Crippen LogP contribution in [0.2, 0.25) is 5.02 Å². The van der Waals surface area contributed by atoms with Crippen molar-refractivity contribution < 1.29 is 14.3 Å². The highest BCUT2D eigenvalue weighted by molar-refractivity contribution is 6.30. The smallest absolute Gasteiger partial charge is 0.227 e. The van der Waals surface area contributed by atoms with Gasteiger partial charge in [0.1, 0.15) is 5.82 Å². The third kappa shape index (κ3) is 3.35. The van der Waals surface area contributed by atoms with Crippen LogP contribution in [0.25, 0.3) is 0 Å². The van der Waals surface area contributed by atoms with Crippen LogP contribution in [0.4, 0.5) is 4.39 Å². The van der Waals surface area contributed by atoms with E-state index in [1.54, 1.807) is 30.5 Å². The fourth-order valence-electron chi connectivity index (χ4n) is 2.86. The number of fused-ring (bicyclic) bond motifs is 1. The molecule has 4 nitrogen and oxygen atoms in total. The summed E-state index contributed by atoms with van der Waals surface area (Å²) in [5, 5.41) is 13.0. The third-order valence-electron chi connectivity index (χ3n) is 4.08. The van der Waals surface area contributed by atoms with Gasteiger partial charge in [0.2, 0.25) is 5.91 Å². The van der Waals surface area contributed by atoms with E-state index in [-0.39, 0.29) is 18.4 Å². The van der Waals surface area contributed by atoms with E-state index < -0.39 is 11.9 Å². The summed E-state index contributed by atoms with van der Waals surface area (Å²) in [6.45, 7) is 0.0937. The Morgan fingerprint density at radius 1 is 1.39 bits per heavy atom. The average Bonchev–Trinajstić information content (AvgIpc) is 2.54. The van der Waals surface area contributed by atoms with Crippen LogP contribution in [0.5, 0.6) is 0 Å². The Morgan fingerprint density at radius 3 is 3.00 bits per heavy atom. The van der Waals surface area contributed by atoms with Crippen molar-refractivity contribution in [3.63, 3.8) is 0 Å². The van der Waals surface area contributed by atoms with E-state index in [0.29, 0.717) is 29.1 Å². The number of rotatable bonds is 3. The zero-order chi connectivity index (χ0) is 16.4. The van der Waals surface area contributed by atoms with Gasteiger partial charge in [-0.15, -0.1) is 0 Å². The molecule has 1 aromatic heterocycles. The molecule has 2 N–H and O–H groups in total. The molecule has 0 bridgehead atoms. The number of nitrogens with zero attached hydrogens (tertiary/aromatic N) is 1. The summed E-state index contributed by atoms with van der Waals surface area (Å²) in [6.07, 6.45) is 1.99. The van der Waals surface area contributed by atoms with Gasteiger partial charge in [-0.3, -0.25) is 9.78 Å². The normalized spacial score (nSPS) is 20.0. The minimum atomic E-state index is -0.635. The van der Waals surface area contributed by atoms with E-state index in [1.165, 1.54) is 6.07 Å². The van der Waals surface area contributed by atoms with Crippen molar-refractivity contribution in [1.29, 1.82) is 0 Å². The fourth-order valence-corrected chi connectivity index (χ4v) is 3.02. The van der Waals surface area contributed by atoms with Gasteiger partial charge in [-0.2, -0.15) is 0 Å². The van der Waals surface area contributed by atoms with Gasteiger partial charge in [-0.1, -0.05) is 23.7 Å². The lowest BCUT2D eigenvalue weighted by Gasteiger charge is -2.27. The summed E-state index contributed by atoms with van der Waals surface area (Å²) < 4.78 is 13.8. The molecule has 1 aliphatic carbocycles. The van der Waals surface area contributed by atoms with Crippen LogP contribution >= 0.6 is 11.6 Å². The van der Waals surface area contributed by atoms with Crippen molar-refractivity contribution in [2.45, 2.75) is 31.4 Å². The summed E-state index contributed by atoms with van der Waals surface area (Å²) in [7, 11) is 0. The first-order valence-corrected chi connectivity index (χ1v) is 7.78. The molecule has 1 heterocycles. The Morgan fingerprint density at radius 2 is 2.22 bits per heavy atom. The molecular weight excluding hydrogens is 319 g/mol. The lowest BCUT2D eigenvalue weighted by molar-refractivity contribution is -0.123. The maximum Gasteiger partial charge on any atom is 0.227 e. The van der Waals surface area contributed by atoms with Gasteiger partial charge in [0, 0.05) is 23.3 Å². The van der Waals surface area contributed by atoms with Crippen molar-refractivity contribution >= 4 is 17.5 Å². The first-order chi connectivity index (χ1) is 11.1. The van der Waals surface area contributed by atoms with Gasteiger partial charge in [0.15, 0.2) is 0 Å². The Hall–Kier alpha value is -1.98. The number of aliphatic hydroxyl groups is 1. The van der Waals surface area contributed by atoms with Crippen molar-refractivity contribution in [3.8, 4) is 0 Å². The topological polar surface area (TPSA) is 62.2 Å². The zero-order valence-electron chi connectivity index (χ0n) is 12.3. The summed E-state index contributed by atoms with van der Waals surface area (Å²) in [5.41, 5.74) is 1.67. The first kappa shape index (κ1) is 15.9. The molecule has 0 aliphatic heterocycles. The molecule has 1 amide bonds. The van der Waals surface area contributed by atoms with E-state index in [2.05, 4.69) is 10.3 Å². The predicted octanol–water partition coefficient (Wildman–Crippen LogP) is 3.10. The summed E-state index contributed by atoms with van der Waals surface area (Å²) >= 11 is 5.71. The Balaban J connectivity index is 1.73. The van der Waals surface area contributed by atoms with Gasteiger partial charge >= 0.3 is 0 Å². The molecular formula is C17H16ClFN2O2. The lowest BCUT2D eigenvalue weighted by Crippen LogP contribution is -2.32. The number of nitrogens with one attached hydrogen (secondary N) is 1. The van der Waals surface area contributed by atoms with E-state index in [4.69, 9.17) is 11.6 Å². The molecule has 6 heteroatoms. The molecule has 1 aromatic carbocycles. The highest BCUT2D eigenvalue weighted by Crippen LogP contribution is 2.36. The number of carbonyl (C=O) groups is 1. The van der Waals surface area contributed by atoms with Crippen LogP contribution in [-0.2, 0) is 11.3 Å². The van der Waals surface area contributed by atoms with Gasteiger partial charge in [0.25, 0.3) is 0 Å². The second-order valence-corrected chi connectivity index (χ2v) is 6.01. The van der Waals surface area contributed by atoms with E-state index >= 15 is 0 Å². The second-order valence-electron chi connectivity index (χ2n) is 5.58. The fraction of sp³-hybridized carbons (Fsp3) is 0.294. The van der Waals surface area contributed by atoms with Crippen LogP contribution in [0.3, 0.4) is 0 Å². The number of hydrogen-bond acceptors (Lipinski definition) is 3. The molecule has 0 saturated carbocycles. The van der Waals surface area contributed by atoms with Gasteiger partial charge in [-0.05, 0) is 36.6 Å². The minimum absolute atomic E-state index is 0.0937. The van der Waals surface area contributed by atoms with Crippen molar-refractivity contribution in [2.75, 3.05) is 0 Å². The van der Waals surface area contributed by atoms with Crippen LogP contribution < -0.4 is 5.32 Å². The van der Waals surface area contributed by atoms with Crippen LogP contribution in [0.15, 0.2) is 36.5 Å². The highest BCUT2D eigenvalue weighted by Gasteiger charge is 2.31. The van der Waals surface area contributed by atoms with Crippen molar-refractivity contribution in [3.05, 3.63) is 64.2 Å². The lowest BCUT2D eigenvalue weighted by atomic mass is 9.83. The Kier molecular flexibility index (Phi) is 4.59. The molecule has 1 aliphatic rings. The number of aromatic nitrogens is 1. The number of hydrogen-bond donors (Lipinski definition) is 2. The molecule has 0 spiro atoms. The SMILES string of the molecule is O=C(NCc1ccc(Cl)cc1F)[C@H]1CC[C@H](O)c2ncccc21. The Bertz CT molecular complexity index is 738. The summed E-state index contributed by atoms with van der Waals surface area (Å²) in [4.78, 5) is 16.6. The molecule has 2 atom stereocenters. The Labute approximate surface area is 138 Å².